The minimum absolute atomic E-state index is 0.217. The minimum Gasteiger partial charge on any atom is -0.458 e. The van der Waals surface area contributed by atoms with Crippen molar-refractivity contribution in [1.82, 2.24) is 0 Å². The number of hydrogen-bond acceptors (Lipinski definition) is 7. The van der Waals surface area contributed by atoms with Gasteiger partial charge in [0.1, 0.15) is 24.4 Å². The highest BCUT2D eigenvalue weighted by Crippen LogP contribution is 2.62. The fourth-order valence-corrected chi connectivity index (χ4v) is 5.42. The standard InChI is InChI=1S/C24H30O7/c1-7-11(3)21(25)30-18-14-9-10-24(6)15(17(14)29-23(18)27)13(5)16-19(28-16)20(24)31-22(26)12(4)8-2/h7-8,14-20H,5,9-10H2,1-4,6H3/b11-7-,12-8+/t14-,15+,16-,17-,18-,19-,20-,24+/m1/s1. The van der Waals surface area contributed by atoms with E-state index in [1.807, 2.05) is 0 Å². The van der Waals surface area contributed by atoms with E-state index >= 15 is 0 Å². The fraction of sp³-hybridized carbons (Fsp3) is 0.625. The Labute approximate surface area is 182 Å². The smallest absolute Gasteiger partial charge is 0.348 e. The van der Waals surface area contributed by atoms with Gasteiger partial charge in [-0.05, 0) is 46.1 Å². The predicted molar refractivity (Wildman–Crippen MR) is 111 cm³/mol. The summed E-state index contributed by atoms with van der Waals surface area (Å²) in [5, 5.41) is 0. The van der Waals surface area contributed by atoms with Crippen molar-refractivity contribution >= 4 is 17.9 Å². The summed E-state index contributed by atoms with van der Waals surface area (Å²) in [6, 6.07) is 0. The molecule has 0 aromatic rings. The van der Waals surface area contributed by atoms with Gasteiger partial charge in [-0.25, -0.2) is 14.4 Å². The number of ether oxygens (including phenoxy) is 4. The summed E-state index contributed by atoms with van der Waals surface area (Å²) < 4.78 is 23.1. The summed E-state index contributed by atoms with van der Waals surface area (Å²) in [5.41, 5.74) is 1.35. The van der Waals surface area contributed by atoms with E-state index in [0.29, 0.717) is 24.0 Å². The van der Waals surface area contributed by atoms with Crippen LogP contribution in [-0.4, -0.2) is 48.4 Å². The molecule has 2 heterocycles. The first-order valence-corrected chi connectivity index (χ1v) is 10.9. The van der Waals surface area contributed by atoms with Crippen LogP contribution < -0.4 is 0 Å². The van der Waals surface area contributed by atoms with Crippen LogP contribution >= 0.6 is 0 Å². The van der Waals surface area contributed by atoms with E-state index in [1.54, 1.807) is 39.8 Å². The Morgan fingerprint density at radius 1 is 1.10 bits per heavy atom. The van der Waals surface area contributed by atoms with Crippen molar-refractivity contribution in [2.45, 2.75) is 78.0 Å². The van der Waals surface area contributed by atoms with Gasteiger partial charge in [0.15, 0.2) is 0 Å². The molecule has 0 radical (unpaired) electrons. The molecule has 4 rings (SSSR count). The van der Waals surface area contributed by atoms with Crippen molar-refractivity contribution < 1.29 is 33.3 Å². The largest absolute Gasteiger partial charge is 0.458 e. The van der Waals surface area contributed by atoms with E-state index in [1.165, 1.54) is 0 Å². The average Bonchev–Trinajstić information content (AvgIpc) is 3.48. The summed E-state index contributed by atoms with van der Waals surface area (Å²) in [4.78, 5) is 37.5. The Balaban J connectivity index is 1.61. The molecule has 7 nitrogen and oxygen atoms in total. The normalized spacial score (nSPS) is 41.5. The second-order valence-electron chi connectivity index (χ2n) is 9.28. The number of esters is 3. The highest BCUT2D eigenvalue weighted by atomic mass is 16.6. The molecule has 4 fully saturated rings. The molecule has 4 aliphatic rings. The van der Waals surface area contributed by atoms with Crippen LogP contribution in [0.2, 0.25) is 0 Å². The molecule has 0 unspecified atom stereocenters. The van der Waals surface area contributed by atoms with Gasteiger partial charge in [-0.3, -0.25) is 0 Å². The predicted octanol–water partition coefficient (Wildman–Crippen LogP) is 3.04. The Bertz CT molecular complexity index is 900. The van der Waals surface area contributed by atoms with E-state index in [2.05, 4.69) is 13.5 Å². The highest BCUT2D eigenvalue weighted by Gasteiger charge is 2.70. The quantitative estimate of drug-likeness (QED) is 0.223. The third-order valence-electron chi connectivity index (χ3n) is 7.57. The SMILES string of the molecule is C=C1[C@H]2O[C@H]2[C@@H](OC(=O)/C(C)=C/C)[C@@]2(C)CC[C@@H]3[C@@H](OC(=O)[C@@H]3OC(=O)/C(C)=C\C)[C@H]12. The lowest BCUT2D eigenvalue weighted by molar-refractivity contribution is -0.168. The maximum Gasteiger partial charge on any atom is 0.348 e. The molecule has 2 aliphatic heterocycles. The number of rotatable bonds is 4. The van der Waals surface area contributed by atoms with Gasteiger partial charge < -0.3 is 18.9 Å². The van der Waals surface area contributed by atoms with Crippen molar-refractivity contribution in [2.75, 3.05) is 0 Å². The Morgan fingerprint density at radius 2 is 1.71 bits per heavy atom. The van der Waals surface area contributed by atoms with Gasteiger partial charge in [0.25, 0.3) is 0 Å². The van der Waals surface area contributed by atoms with E-state index in [0.717, 1.165) is 5.57 Å². The molecule has 0 bridgehead atoms. The van der Waals surface area contributed by atoms with Crippen molar-refractivity contribution in [2.24, 2.45) is 17.3 Å². The molecular formula is C24H30O7. The van der Waals surface area contributed by atoms with Crippen LogP contribution in [0.15, 0.2) is 35.5 Å². The minimum atomic E-state index is -0.936. The molecule has 8 atom stereocenters. The zero-order valence-electron chi connectivity index (χ0n) is 18.7. The number of allylic oxidation sites excluding steroid dienone is 2. The van der Waals surface area contributed by atoms with Crippen molar-refractivity contribution in [3.8, 4) is 0 Å². The molecule has 2 aliphatic carbocycles. The van der Waals surface area contributed by atoms with Gasteiger partial charge in [-0.1, -0.05) is 25.7 Å². The molecule has 168 valence electrons. The van der Waals surface area contributed by atoms with E-state index < -0.39 is 35.7 Å². The molecular weight excluding hydrogens is 400 g/mol. The van der Waals surface area contributed by atoms with Crippen molar-refractivity contribution in [3.63, 3.8) is 0 Å². The molecule has 0 aromatic carbocycles. The average molecular weight is 430 g/mol. The lowest BCUT2D eigenvalue weighted by Gasteiger charge is -2.52. The zero-order valence-corrected chi connectivity index (χ0v) is 18.7. The lowest BCUT2D eigenvalue weighted by atomic mass is 9.54. The summed E-state index contributed by atoms with van der Waals surface area (Å²) in [5.74, 6) is -1.91. The van der Waals surface area contributed by atoms with Gasteiger partial charge in [0.2, 0.25) is 6.10 Å². The number of hydrogen-bond donors (Lipinski definition) is 0. The lowest BCUT2D eigenvalue weighted by Crippen LogP contribution is -2.58. The summed E-state index contributed by atoms with van der Waals surface area (Å²) in [6.45, 7) is 13.2. The number of carbonyl (C=O) groups is 3. The van der Waals surface area contributed by atoms with Crippen LogP contribution in [-0.2, 0) is 33.3 Å². The van der Waals surface area contributed by atoms with Crippen molar-refractivity contribution in [1.29, 1.82) is 0 Å². The van der Waals surface area contributed by atoms with Crippen LogP contribution in [0.1, 0.15) is 47.5 Å². The molecule has 2 saturated carbocycles. The molecule has 2 saturated heterocycles. The molecule has 0 amide bonds. The number of fused-ring (bicyclic) bond motifs is 4. The van der Waals surface area contributed by atoms with Gasteiger partial charge in [0.05, 0.1) is 0 Å². The topological polar surface area (TPSA) is 91.4 Å². The number of carbonyl (C=O) groups excluding carboxylic acids is 3. The van der Waals surface area contributed by atoms with Crippen LogP contribution in [0.5, 0.6) is 0 Å². The monoisotopic (exact) mass is 430 g/mol. The molecule has 7 heteroatoms. The maximum atomic E-state index is 12.7. The molecule has 31 heavy (non-hydrogen) atoms. The Hall–Kier alpha value is -2.41. The summed E-state index contributed by atoms with van der Waals surface area (Å²) >= 11 is 0. The van der Waals surface area contributed by atoms with Crippen LogP contribution in [0.25, 0.3) is 0 Å². The molecule has 0 aromatic heterocycles. The van der Waals surface area contributed by atoms with Crippen LogP contribution in [0.4, 0.5) is 0 Å². The van der Waals surface area contributed by atoms with Gasteiger partial charge in [-0.15, -0.1) is 0 Å². The summed E-state index contributed by atoms with van der Waals surface area (Å²) in [6.07, 6.45) is 2.33. The number of epoxide rings is 1. The third kappa shape index (κ3) is 3.34. The molecule has 0 N–H and O–H groups in total. The van der Waals surface area contributed by atoms with E-state index in [9.17, 15) is 14.4 Å². The first-order chi connectivity index (χ1) is 14.6. The second-order valence-corrected chi connectivity index (χ2v) is 9.28. The van der Waals surface area contributed by atoms with E-state index in [-0.39, 0.29) is 30.0 Å². The van der Waals surface area contributed by atoms with Crippen molar-refractivity contribution in [3.05, 3.63) is 35.5 Å². The van der Waals surface area contributed by atoms with Crippen LogP contribution in [0.3, 0.4) is 0 Å². The van der Waals surface area contributed by atoms with Gasteiger partial charge in [0, 0.05) is 28.4 Å². The second kappa shape index (κ2) is 7.62. The Kier molecular flexibility index (Phi) is 5.36. The highest BCUT2D eigenvalue weighted by molar-refractivity contribution is 5.90. The first kappa shape index (κ1) is 21.8. The van der Waals surface area contributed by atoms with Gasteiger partial charge >= 0.3 is 17.9 Å². The maximum absolute atomic E-state index is 12.7. The zero-order chi connectivity index (χ0) is 22.7. The van der Waals surface area contributed by atoms with Crippen LogP contribution in [0, 0.1) is 17.3 Å². The van der Waals surface area contributed by atoms with Gasteiger partial charge in [-0.2, -0.15) is 0 Å². The first-order valence-electron chi connectivity index (χ1n) is 10.9. The fourth-order valence-electron chi connectivity index (χ4n) is 5.42. The third-order valence-corrected chi connectivity index (χ3v) is 7.57. The Morgan fingerprint density at radius 3 is 2.32 bits per heavy atom. The van der Waals surface area contributed by atoms with E-state index in [4.69, 9.17) is 18.9 Å². The molecule has 0 spiro atoms. The summed E-state index contributed by atoms with van der Waals surface area (Å²) in [7, 11) is 0.